The normalized spacial score (nSPS) is 11.9. The van der Waals surface area contributed by atoms with Gasteiger partial charge < -0.3 is 9.88 Å². The molecule has 7 heteroatoms. The van der Waals surface area contributed by atoms with Crippen molar-refractivity contribution in [2.45, 2.75) is 25.9 Å². The minimum Gasteiger partial charge on any atom is -0.344 e. The van der Waals surface area contributed by atoms with E-state index in [2.05, 4.69) is 25.2 Å². The van der Waals surface area contributed by atoms with Crippen LogP contribution in [0.15, 0.2) is 79.3 Å². The second-order valence-corrected chi connectivity index (χ2v) is 6.78. The van der Waals surface area contributed by atoms with Crippen molar-refractivity contribution >= 4 is 5.91 Å². The topological polar surface area (TPSA) is 77.6 Å². The van der Waals surface area contributed by atoms with Crippen molar-refractivity contribution in [3.63, 3.8) is 0 Å². The molecule has 0 aliphatic heterocycles. The number of hydrogen-bond donors (Lipinski definition) is 1. The van der Waals surface area contributed by atoms with Crippen molar-refractivity contribution in [3.8, 4) is 5.69 Å². The van der Waals surface area contributed by atoms with Gasteiger partial charge in [0, 0.05) is 18.9 Å². The number of aromatic nitrogens is 5. The predicted octanol–water partition coefficient (Wildman–Crippen LogP) is 3.33. The molecule has 146 valence electrons. The molecule has 0 aliphatic carbocycles. The standard InChI is InChI=1S/C22H22N6O/c1-17-23-13-15-27(17)14-12-20(18-8-4-2-5-9-18)24-22(29)21-16-28(26-25-21)19-10-6-3-7-11-19/h2-11,13,15-16,20H,12,14H2,1H3,(H,24,29). The Labute approximate surface area is 169 Å². The molecule has 0 saturated heterocycles. The zero-order valence-corrected chi connectivity index (χ0v) is 16.1. The van der Waals surface area contributed by atoms with Crippen molar-refractivity contribution in [1.29, 1.82) is 0 Å². The summed E-state index contributed by atoms with van der Waals surface area (Å²) in [6, 6.07) is 19.4. The molecule has 0 fully saturated rings. The van der Waals surface area contributed by atoms with Gasteiger partial charge in [-0.15, -0.1) is 5.10 Å². The number of carbonyl (C=O) groups is 1. The highest BCUT2D eigenvalue weighted by Crippen LogP contribution is 2.19. The summed E-state index contributed by atoms with van der Waals surface area (Å²) in [5, 5.41) is 11.2. The highest BCUT2D eigenvalue weighted by molar-refractivity contribution is 5.92. The zero-order chi connectivity index (χ0) is 20.1. The number of rotatable bonds is 7. The van der Waals surface area contributed by atoms with Gasteiger partial charge in [0.15, 0.2) is 5.69 Å². The fourth-order valence-electron chi connectivity index (χ4n) is 3.22. The fourth-order valence-corrected chi connectivity index (χ4v) is 3.22. The molecule has 4 rings (SSSR count). The Kier molecular flexibility index (Phi) is 5.47. The highest BCUT2D eigenvalue weighted by atomic mass is 16.2. The Morgan fingerprint density at radius 1 is 1.07 bits per heavy atom. The molecule has 2 aromatic carbocycles. The number of nitrogens with zero attached hydrogens (tertiary/aromatic N) is 5. The number of para-hydroxylation sites is 1. The lowest BCUT2D eigenvalue weighted by Crippen LogP contribution is -2.29. The Morgan fingerprint density at radius 2 is 1.79 bits per heavy atom. The van der Waals surface area contributed by atoms with Crippen molar-refractivity contribution in [1.82, 2.24) is 29.9 Å². The van der Waals surface area contributed by atoms with E-state index in [-0.39, 0.29) is 17.6 Å². The molecule has 1 N–H and O–H groups in total. The number of nitrogens with one attached hydrogen (secondary N) is 1. The lowest BCUT2D eigenvalue weighted by molar-refractivity contribution is 0.0928. The zero-order valence-electron chi connectivity index (χ0n) is 16.1. The summed E-state index contributed by atoms with van der Waals surface area (Å²) in [5.74, 6) is 0.706. The van der Waals surface area contributed by atoms with Gasteiger partial charge in [-0.3, -0.25) is 4.79 Å². The van der Waals surface area contributed by atoms with Gasteiger partial charge in [0.2, 0.25) is 0 Å². The van der Waals surface area contributed by atoms with Crippen molar-refractivity contribution < 1.29 is 4.79 Å². The first kappa shape index (κ1) is 18.6. The van der Waals surface area contributed by atoms with E-state index in [1.54, 1.807) is 17.1 Å². The van der Waals surface area contributed by atoms with E-state index in [4.69, 9.17) is 0 Å². The summed E-state index contributed by atoms with van der Waals surface area (Å²) in [6.45, 7) is 2.72. The second-order valence-electron chi connectivity index (χ2n) is 6.78. The molecule has 1 amide bonds. The SMILES string of the molecule is Cc1nccn1CCC(NC(=O)c1cn(-c2ccccc2)nn1)c1ccccc1. The van der Waals surface area contributed by atoms with Gasteiger partial charge in [0.1, 0.15) is 5.82 Å². The van der Waals surface area contributed by atoms with E-state index in [1.165, 1.54) is 0 Å². The van der Waals surface area contributed by atoms with Crippen LogP contribution in [0.1, 0.15) is 34.3 Å². The molecule has 0 radical (unpaired) electrons. The van der Waals surface area contributed by atoms with Crippen molar-refractivity contribution in [3.05, 3.63) is 96.3 Å². The average Bonchev–Trinajstić information content (AvgIpc) is 3.42. The molecule has 29 heavy (non-hydrogen) atoms. The van der Waals surface area contributed by atoms with E-state index < -0.39 is 0 Å². The number of hydrogen-bond acceptors (Lipinski definition) is 4. The van der Waals surface area contributed by atoms with Crippen molar-refractivity contribution in [2.75, 3.05) is 0 Å². The van der Waals surface area contributed by atoms with E-state index in [9.17, 15) is 4.79 Å². The van der Waals surface area contributed by atoms with Crippen LogP contribution in [0.3, 0.4) is 0 Å². The molecular formula is C22H22N6O. The Balaban J connectivity index is 1.50. The third-order valence-corrected chi connectivity index (χ3v) is 4.84. The monoisotopic (exact) mass is 386 g/mol. The molecule has 7 nitrogen and oxygen atoms in total. The molecule has 0 bridgehead atoms. The second kappa shape index (κ2) is 8.52. The van der Waals surface area contributed by atoms with Crippen LogP contribution in [0, 0.1) is 6.92 Å². The van der Waals surface area contributed by atoms with Crippen LogP contribution in [0.2, 0.25) is 0 Å². The molecular weight excluding hydrogens is 364 g/mol. The van der Waals surface area contributed by atoms with Gasteiger partial charge in [0.05, 0.1) is 17.9 Å². The Hall–Kier alpha value is -3.74. The van der Waals surface area contributed by atoms with Crippen LogP contribution in [-0.2, 0) is 6.54 Å². The maximum absolute atomic E-state index is 12.9. The summed E-state index contributed by atoms with van der Waals surface area (Å²) < 4.78 is 3.68. The van der Waals surface area contributed by atoms with Crippen molar-refractivity contribution in [2.24, 2.45) is 0 Å². The Morgan fingerprint density at radius 3 is 2.48 bits per heavy atom. The van der Waals surface area contributed by atoms with Crippen LogP contribution < -0.4 is 5.32 Å². The predicted molar refractivity (Wildman–Crippen MR) is 110 cm³/mol. The quantitative estimate of drug-likeness (QED) is 0.528. The maximum atomic E-state index is 12.9. The number of aryl methyl sites for hydroxylation is 2. The summed E-state index contributed by atoms with van der Waals surface area (Å²) >= 11 is 0. The van der Waals surface area contributed by atoms with Gasteiger partial charge in [-0.2, -0.15) is 0 Å². The smallest absolute Gasteiger partial charge is 0.273 e. The summed E-state index contributed by atoms with van der Waals surface area (Å²) in [6.07, 6.45) is 6.12. The minimum absolute atomic E-state index is 0.146. The molecule has 1 atom stereocenters. The number of carbonyl (C=O) groups excluding carboxylic acids is 1. The molecule has 2 heterocycles. The molecule has 4 aromatic rings. The van der Waals surface area contributed by atoms with Gasteiger partial charge in [-0.25, -0.2) is 9.67 Å². The van der Waals surface area contributed by atoms with Gasteiger partial charge in [0.25, 0.3) is 5.91 Å². The summed E-state index contributed by atoms with van der Waals surface area (Å²) in [4.78, 5) is 17.1. The first-order valence-corrected chi connectivity index (χ1v) is 9.52. The summed E-state index contributed by atoms with van der Waals surface area (Å²) in [5.41, 5.74) is 2.19. The van der Waals surface area contributed by atoms with Gasteiger partial charge in [-0.05, 0) is 31.0 Å². The largest absolute Gasteiger partial charge is 0.344 e. The third-order valence-electron chi connectivity index (χ3n) is 4.84. The number of amides is 1. The highest BCUT2D eigenvalue weighted by Gasteiger charge is 2.18. The average molecular weight is 386 g/mol. The molecule has 0 aliphatic rings. The van der Waals surface area contributed by atoms with Crippen LogP contribution in [0.4, 0.5) is 0 Å². The van der Waals surface area contributed by atoms with Crippen LogP contribution in [0.25, 0.3) is 5.69 Å². The van der Waals surface area contributed by atoms with E-state index in [0.29, 0.717) is 0 Å². The molecule has 0 spiro atoms. The van der Waals surface area contributed by atoms with Gasteiger partial charge in [-0.1, -0.05) is 53.7 Å². The molecule has 0 saturated carbocycles. The summed E-state index contributed by atoms with van der Waals surface area (Å²) in [7, 11) is 0. The van der Waals surface area contributed by atoms with E-state index in [0.717, 1.165) is 30.0 Å². The number of imidazole rings is 1. The Bertz CT molecular complexity index is 1070. The molecule has 1 unspecified atom stereocenters. The third kappa shape index (κ3) is 4.40. The lowest BCUT2D eigenvalue weighted by atomic mass is 10.0. The van der Waals surface area contributed by atoms with Gasteiger partial charge >= 0.3 is 0 Å². The van der Waals surface area contributed by atoms with Crippen LogP contribution in [0.5, 0.6) is 0 Å². The number of benzene rings is 2. The fraction of sp³-hybridized carbons (Fsp3) is 0.182. The van der Waals surface area contributed by atoms with E-state index in [1.807, 2.05) is 73.8 Å². The minimum atomic E-state index is -0.247. The first-order valence-electron chi connectivity index (χ1n) is 9.52. The van der Waals surface area contributed by atoms with Crippen LogP contribution >= 0.6 is 0 Å². The van der Waals surface area contributed by atoms with Crippen LogP contribution in [-0.4, -0.2) is 30.5 Å². The first-order chi connectivity index (χ1) is 14.2. The van der Waals surface area contributed by atoms with E-state index >= 15 is 0 Å². The lowest BCUT2D eigenvalue weighted by Gasteiger charge is -2.19. The maximum Gasteiger partial charge on any atom is 0.273 e. The molecule has 2 aromatic heterocycles.